The summed E-state index contributed by atoms with van der Waals surface area (Å²) in [5.74, 6) is 0.543. The molecule has 29 heavy (non-hydrogen) atoms. The van der Waals surface area contributed by atoms with Gasteiger partial charge in [-0.3, -0.25) is 4.99 Å². The molecule has 172 valence electrons. The molecular weight excluding hydrogens is 524 g/mol. The summed E-state index contributed by atoms with van der Waals surface area (Å²) in [5, 5.41) is 6.29. The maximum atomic E-state index is 12.6. The molecule has 1 saturated carbocycles. The molecule has 1 saturated heterocycles. The number of nitrogens with zero attached hydrogens (tertiary/aromatic N) is 2. The molecule has 0 radical (unpaired) electrons. The van der Waals surface area contributed by atoms with E-state index in [0.29, 0.717) is 29.5 Å². The average molecular weight is 556 g/mol. The second-order valence-corrected chi connectivity index (χ2v) is 9.18. The summed E-state index contributed by atoms with van der Waals surface area (Å²) < 4.78 is 67.2. The number of halogens is 4. The lowest BCUT2D eigenvalue weighted by Crippen LogP contribution is -2.52. The third-order valence-corrected chi connectivity index (χ3v) is 6.83. The maximum Gasteiger partial charge on any atom is 0.511 e. The summed E-state index contributed by atoms with van der Waals surface area (Å²) in [4.78, 5) is 4.12. The van der Waals surface area contributed by atoms with Crippen LogP contribution in [-0.2, 0) is 14.8 Å². The van der Waals surface area contributed by atoms with Crippen LogP contribution in [0.2, 0.25) is 0 Å². The monoisotopic (exact) mass is 556 g/mol. The number of nitrogens with one attached hydrogen (secondary N) is 2. The van der Waals surface area contributed by atoms with Crippen LogP contribution in [0.1, 0.15) is 51.4 Å². The van der Waals surface area contributed by atoms with E-state index in [4.69, 9.17) is 4.74 Å². The lowest BCUT2D eigenvalue weighted by atomic mass is 10.1. The molecule has 1 aliphatic heterocycles. The summed E-state index contributed by atoms with van der Waals surface area (Å²) >= 11 is 0. The van der Waals surface area contributed by atoms with Crippen molar-refractivity contribution in [2.45, 2.75) is 69.0 Å². The number of guanidine groups is 1. The molecule has 7 nitrogen and oxygen atoms in total. The molecule has 2 rings (SSSR count). The van der Waals surface area contributed by atoms with Crippen LogP contribution < -0.4 is 10.6 Å². The summed E-state index contributed by atoms with van der Waals surface area (Å²) in [6.07, 6.45) is 8.07. The van der Waals surface area contributed by atoms with Gasteiger partial charge in [0.2, 0.25) is 0 Å². The van der Waals surface area contributed by atoms with Crippen LogP contribution >= 0.6 is 24.0 Å². The first-order valence-corrected chi connectivity index (χ1v) is 11.3. The fourth-order valence-electron chi connectivity index (χ4n) is 3.58. The zero-order chi connectivity index (χ0) is 20.6. The molecule has 1 aliphatic carbocycles. The van der Waals surface area contributed by atoms with Gasteiger partial charge in [0.25, 0.3) is 0 Å². The molecule has 0 amide bonds. The predicted octanol–water partition coefficient (Wildman–Crippen LogP) is 2.82. The fourth-order valence-corrected chi connectivity index (χ4v) is 4.56. The van der Waals surface area contributed by atoms with E-state index in [1.54, 1.807) is 7.05 Å². The largest absolute Gasteiger partial charge is 0.511 e. The van der Waals surface area contributed by atoms with Gasteiger partial charge in [0.1, 0.15) is 0 Å². The van der Waals surface area contributed by atoms with Crippen LogP contribution in [-0.4, -0.2) is 69.6 Å². The topological polar surface area (TPSA) is 83.0 Å². The second-order valence-electron chi connectivity index (χ2n) is 7.25. The molecule has 0 atom stereocenters. The van der Waals surface area contributed by atoms with Crippen LogP contribution in [0.25, 0.3) is 0 Å². The number of alkyl halides is 3. The third-order valence-electron chi connectivity index (χ3n) is 5.20. The van der Waals surface area contributed by atoms with E-state index in [-0.39, 0.29) is 55.9 Å². The number of sulfonamides is 1. The van der Waals surface area contributed by atoms with E-state index < -0.39 is 15.5 Å². The molecule has 0 aromatic rings. The highest BCUT2D eigenvalue weighted by Crippen LogP contribution is 2.28. The summed E-state index contributed by atoms with van der Waals surface area (Å²) in [5.41, 5.74) is -5.25. The zero-order valence-corrected chi connectivity index (χ0v) is 19.9. The number of hydrogen-bond acceptors (Lipinski definition) is 4. The van der Waals surface area contributed by atoms with Crippen molar-refractivity contribution < 1.29 is 26.3 Å². The minimum Gasteiger partial charge on any atom is -0.376 e. The van der Waals surface area contributed by atoms with Crippen molar-refractivity contribution >= 4 is 40.0 Å². The molecule has 12 heteroatoms. The highest BCUT2D eigenvalue weighted by molar-refractivity contribution is 14.0. The van der Waals surface area contributed by atoms with E-state index >= 15 is 0 Å². The van der Waals surface area contributed by atoms with Crippen LogP contribution in [0.5, 0.6) is 0 Å². The Morgan fingerprint density at radius 3 is 2.21 bits per heavy atom. The Hall–Kier alpha value is -0.340. The van der Waals surface area contributed by atoms with E-state index in [0.717, 1.165) is 12.8 Å². The Kier molecular flexibility index (Phi) is 11.5. The van der Waals surface area contributed by atoms with Gasteiger partial charge in [-0.2, -0.15) is 17.5 Å². The Morgan fingerprint density at radius 2 is 1.69 bits per heavy atom. The van der Waals surface area contributed by atoms with Crippen molar-refractivity contribution in [2.24, 2.45) is 4.99 Å². The molecule has 1 heterocycles. The number of hydrogen-bond donors (Lipinski definition) is 2. The number of ether oxygens (including phenoxy) is 1. The molecule has 0 aromatic heterocycles. The van der Waals surface area contributed by atoms with Gasteiger partial charge in [0.05, 0.1) is 12.7 Å². The second kappa shape index (κ2) is 12.5. The van der Waals surface area contributed by atoms with Crippen LogP contribution in [0.15, 0.2) is 4.99 Å². The molecule has 2 fully saturated rings. The highest BCUT2D eigenvalue weighted by Gasteiger charge is 2.50. The van der Waals surface area contributed by atoms with Crippen LogP contribution in [0.3, 0.4) is 0 Å². The lowest BCUT2D eigenvalue weighted by Gasteiger charge is -2.32. The Labute approximate surface area is 188 Å². The molecule has 0 unspecified atom stereocenters. The van der Waals surface area contributed by atoms with Crippen molar-refractivity contribution in [1.29, 1.82) is 0 Å². The molecule has 0 spiro atoms. The van der Waals surface area contributed by atoms with Gasteiger partial charge in [-0.25, -0.2) is 8.42 Å². The van der Waals surface area contributed by atoms with Crippen LogP contribution in [0, 0.1) is 0 Å². The maximum absolute atomic E-state index is 12.6. The molecule has 0 bridgehead atoms. The Balaban J connectivity index is 0.00000420. The molecular formula is C17H32F3IN4O3S. The first kappa shape index (κ1) is 26.7. The minimum absolute atomic E-state index is 0. The highest BCUT2D eigenvalue weighted by atomic mass is 127. The Morgan fingerprint density at radius 1 is 1.10 bits per heavy atom. The average Bonchev–Trinajstić information content (AvgIpc) is 2.92. The standard InChI is InChI=1S/C17H31F3N4O3S.HI/c1-21-16(22-10-13-27-15-6-4-2-3-5-7-15)23-14-8-11-24(12-9-14)28(25,26)17(18,19)20;/h14-15H,2-13H2,1H3,(H2,21,22,23);1H. The van der Waals surface area contributed by atoms with Gasteiger partial charge in [0, 0.05) is 32.7 Å². The SMILES string of the molecule is CN=C(NCCOC1CCCCCC1)NC1CCN(S(=O)(=O)C(F)(F)F)CC1.I. The third kappa shape index (κ3) is 8.37. The van der Waals surface area contributed by atoms with Gasteiger partial charge in [-0.05, 0) is 25.7 Å². The molecule has 2 aliphatic rings. The van der Waals surface area contributed by atoms with Crippen molar-refractivity contribution in [3.63, 3.8) is 0 Å². The fraction of sp³-hybridized carbons (Fsp3) is 0.941. The number of aliphatic imine (C=N–C) groups is 1. The minimum atomic E-state index is -5.25. The normalized spacial score (nSPS) is 21.3. The molecule has 2 N–H and O–H groups in total. The van der Waals surface area contributed by atoms with E-state index in [9.17, 15) is 21.6 Å². The van der Waals surface area contributed by atoms with E-state index in [2.05, 4.69) is 15.6 Å². The lowest BCUT2D eigenvalue weighted by molar-refractivity contribution is -0.0494. The Bertz CT molecular complexity index is 604. The molecule has 0 aromatic carbocycles. The van der Waals surface area contributed by atoms with Crippen molar-refractivity contribution in [1.82, 2.24) is 14.9 Å². The van der Waals surface area contributed by atoms with Gasteiger partial charge in [-0.15, -0.1) is 24.0 Å². The van der Waals surface area contributed by atoms with Gasteiger partial charge in [-0.1, -0.05) is 25.7 Å². The number of rotatable bonds is 6. The zero-order valence-electron chi connectivity index (χ0n) is 16.7. The first-order chi connectivity index (χ1) is 13.2. The van der Waals surface area contributed by atoms with E-state index in [1.807, 2.05) is 0 Å². The smallest absolute Gasteiger partial charge is 0.376 e. The van der Waals surface area contributed by atoms with Crippen molar-refractivity contribution in [3.05, 3.63) is 0 Å². The summed E-state index contributed by atoms with van der Waals surface area (Å²) in [7, 11) is -3.63. The van der Waals surface area contributed by atoms with Crippen molar-refractivity contribution in [2.75, 3.05) is 33.3 Å². The van der Waals surface area contributed by atoms with Gasteiger partial charge < -0.3 is 15.4 Å². The van der Waals surface area contributed by atoms with E-state index in [1.165, 1.54) is 25.7 Å². The predicted molar refractivity (Wildman–Crippen MR) is 117 cm³/mol. The van der Waals surface area contributed by atoms with Crippen LogP contribution in [0.4, 0.5) is 13.2 Å². The van der Waals surface area contributed by atoms with Crippen molar-refractivity contribution in [3.8, 4) is 0 Å². The summed E-state index contributed by atoms with van der Waals surface area (Å²) in [6.45, 7) is 0.813. The summed E-state index contributed by atoms with van der Waals surface area (Å²) in [6, 6.07) is -0.131. The first-order valence-electron chi connectivity index (χ1n) is 9.89. The number of piperidine rings is 1. The quantitative estimate of drug-likeness (QED) is 0.173. The van der Waals surface area contributed by atoms with Gasteiger partial charge >= 0.3 is 15.5 Å². The van der Waals surface area contributed by atoms with Gasteiger partial charge in [0.15, 0.2) is 5.96 Å².